The number of nitrogens with zero attached hydrogens (tertiary/aromatic N) is 1. The minimum atomic E-state index is 0.509. The lowest BCUT2D eigenvalue weighted by molar-refractivity contribution is 0.354. The SMILES string of the molecule is COc1ccc(CNc2nc(Cl)cs2)cc1OC. The molecule has 2 aromatic rings. The fourth-order valence-corrected chi connectivity index (χ4v) is 2.34. The van der Waals surface area contributed by atoms with E-state index in [0.29, 0.717) is 17.4 Å². The number of aromatic nitrogens is 1. The highest BCUT2D eigenvalue weighted by atomic mass is 35.5. The highest BCUT2D eigenvalue weighted by Gasteiger charge is 2.05. The molecule has 0 aliphatic heterocycles. The summed E-state index contributed by atoms with van der Waals surface area (Å²) in [5.74, 6) is 1.44. The molecular formula is C12H13ClN2O2S. The lowest BCUT2D eigenvalue weighted by Crippen LogP contribution is -2.00. The van der Waals surface area contributed by atoms with Crippen molar-refractivity contribution < 1.29 is 9.47 Å². The van der Waals surface area contributed by atoms with Gasteiger partial charge in [-0.1, -0.05) is 17.7 Å². The highest BCUT2D eigenvalue weighted by molar-refractivity contribution is 7.14. The third-order valence-electron chi connectivity index (χ3n) is 2.37. The normalized spacial score (nSPS) is 10.2. The second kappa shape index (κ2) is 5.93. The van der Waals surface area contributed by atoms with E-state index in [9.17, 15) is 0 Å². The molecule has 0 aliphatic carbocycles. The molecule has 18 heavy (non-hydrogen) atoms. The first-order chi connectivity index (χ1) is 8.72. The Hall–Kier alpha value is -1.46. The minimum Gasteiger partial charge on any atom is -0.493 e. The van der Waals surface area contributed by atoms with Crippen molar-refractivity contribution in [2.24, 2.45) is 0 Å². The maximum Gasteiger partial charge on any atom is 0.184 e. The predicted molar refractivity (Wildman–Crippen MR) is 74.0 cm³/mol. The van der Waals surface area contributed by atoms with Crippen LogP contribution in [-0.4, -0.2) is 19.2 Å². The van der Waals surface area contributed by atoms with Crippen molar-refractivity contribution in [1.82, 2.24) is 4.98 Å². The number of ether oxygens (including phenoxy) is 2. The third kappa shape index (κ3) is 3.05. The third-order valence-corrected chi connectivity index (χ3v) is 3.49. The smallest absolute Gasteiger partial charge is 0.184 e. The van der Waals surface area contributed by atoms with Crippen LogP contribution >= 0.6 is 22.9 Å². The molecule has 1 heterocycles. The first kappa shape index (κ1) is 13.0. The van der Waals surface area contributed by atoms with Crippen molar-refractivity contribution in [3.05, 3.63) is 34.3 Å². The number of methoxy groups -OCH3 is 2. The average molecular weight is 285 g/mol. The van der Waals surface area contributed by atoms with Gasteiger partial charge in [0.15, 0.2) is 16.6 Å². The number of hydrogen-bond acceptors (Lipinski definition) is 5. The molecule has 1 aromatic heterocycles. The van der Waals surface area contributed by atoms with E-state index < -0.39 is 0 Å². The molecule has 0 atom stereocenters. The number of halogens is 1. The molecule has 96 valence electrons. The minimum absolute atomic E-state index is 0.509. The molecule has 0 unspecified atom stereocenters. The van der Waals surface area contributed by atoms with E-state index >= 15 is 0 Å². The van der Waals surface area contributed by atoms with Gasteiger partial charge in [-0.3, -0.25) is 0 Å². The zero-order valence-corrected chi connectivity index (χ0v) is 11.6. The Morgan fingerprint density at radius 1 is 1.28 bits per heavy atom. The summed E-state index contributed by atoms with van der Waals surface area (Å²) in [6, 6.07) is 5.79. The van der Waals surface area contributed by atoms with E-state index in [-0.39, 0.29) is 0 Å². The van der Waals surface area contributed by atoms with Gasteiger partial charge in [0.1, 0.15) is 5.15 Å². The molecule has 0 bridgehead atoms. The number of benzene rings is 1. The predicted octanol–water partition coefficient (Wildman–Crippen LogP) is 3.43. The molecule has 0 fully saturated rings. The molecule has 0 radical (unpaired) electrons. The van der Waals surface area contributed by atoms with Gasteiger partial charge in [-0.15, -0.1) is 11.3 Å². The van der Waals surface area contributed by atoms with Gasteiger partial charge < -0.3 is 14.8 Å². The second-order valence-electron chi connectivity index (χ2n) is 3.52. The molecule has 4 nitrogen and oxygen atoms in total. The lowest BCUT2D eigenvalue weighted by Gasteiger charge is -2.09. The highest BCUT2D eigenvalue weighted by Crippen LogP contribution is 2.28. The Kier molecular flexibility index (Phi) is 4.28. The summed E-state index contributed by atoms with van der Waals surface area (Å²) in [7, 11) is 3.24. The van der Waals surface area contributed by atoms with Gasteiger partial charge in [-0.2, -0.15) is 0 Å². The number of rotatable bonds is 5. The van der Waals surface area contributed by atoms with E-state index in [1.807, 2.05) is 18.2 Å². The summed E-state index contributed by atoms with van der Waals surface area (Å²) in [5, 5.41) is 6.30. The molecule has 0 amide bonds. The van der Waals surface area contributed by atoms with Crippen LogP contribution in [0.2, 0.25) is 5.15 Å². The summed E-state index contributed by atoms with van der Waals surface area (Å²) < 4.78 is 10.4. The molecule has 6 heteroatoms. The van der Waals surface area contributed by atoms with Gasteiger partial charge in [0.25, 0.3) is 0 Å². The maximum atomic E-state index is 5.75. The Labute approximate surface area is 115 Å². The van der Waals surface area contributed by atoms with Crippen molar-refractivity contribution in [1.29, 1.82) is 0 Å². The van der Waals surface area contributed by atoms with E-state index in [1.165, 1.54) is 11.3 Å². The van der Waals surface area contributed by atoms with Gasteiger partial charge in [0, 0.05) is 11.9 Å². The molecule has 1 aromatic carbocycles. The van der Waals surface area contributed by atoms with Crippen LogP contribution in [0.1, 0.15) is 5.56 Å². The van der Waals surface area contributed by atoms with Crippen LogP contribution in [0.5, 0.6) is 11.5 Å². The van der Waals surface area contributed by atoms with E-state index in [1.54, 1.807) is 19.6 Å². The average Bonchev–Trinajstić information content (AvgIpc) is 2.81. The van der Waals surface area contributed by atoms with Crippen LogP contribution < -0.4 is 14.8 Å². The van der Waals surface area contributed by atoms with Gasteiger partial charge in [0.05, 0.1) is 14.2 Å². The van der Waals surface area contributed by atoms with Crippen molar-refractivity contribution in [2.45, 2.75) is 6.54 Å². The Bertz CT molecular complexity index is 531. The Morgan fingerprint density at radius 2 is 2.06 bits per heavy atom. The van der Waals surface area contributed by atoms with Crippen molar-refractivity contribution in [3.63, 3.8) is 0 Å². The van der Waals surface area contributed by atoms with E-state index in [4.69, 9.17) is 21.1 Å². The Morgan fingerprint density at radius 3 is 2.67 bits per heavy atom. The molecule has 0 aliphatic rings. The monoisotopic (exact) mass is 284 g/mol. The van der Waals surface area contributed by atoms with Gasteiger partial charge >= 0.3 is 0 Å². The summed E-state index contributed by atoms with van der Waals surface area (Å²) in [5.41, 5.74) is 1.08. The number of hydrogen-bond donors (Lipinski definition) is 1. The van der Waals surface area contributed by atoms with Gasteiger partial charge in [-0.05, 0) is 17.7 Å². The van der Waals surface area contributed by atoms with Crippen LogP contribution in [0, 0.1) is 0 Å². The number of nitrogens with one attached hydrogen (secondary N) is 1. The topological polar surface area (TPSA) is 43.4 Å². The summed E-state index contributed by atoms with van der Waals surface area (Å²) in [4.78, 5) is 4.12. The molecular weight excluding hydrogens is 272 g/mol. The summed E-state index contributed by atoms with van der Waals surface area (Å²) in [6.07, 6.45) is 0. The van der Waals surface area contributed by atoms with Crippen molar-refractivity contribution in [3.8, 4) is 11.5 Å². The van der Waals surface area contributed by atoms with Gasteiger partial charge in [-0.25, -0.2) is 4.98 Å². The second-order valence-corrected chi connectivity index (χ2v) is 4.76. The zero-order chi connectivity index (χ0) is 13.0. The van der Waals surface area contributed by atoms with Crippen LogP contribution in [0.15, 0.2) is 23.6 Å². The Balaban J connectivity index is 2.05. The van der Waals surface area contributed by atoms with E-state index in [0.717, 1.165) is 16.4 Å². The molecule has 2 rings (SSSR count). The number of thiazole rings is 1. The van der Waals surface area contributed by atoms with Crippen molar-refractivity contribution >= 4 is 28.1 Å². The molecule has 1 N–H and O–H groups in total. The summed E-state index contributed by atoms with van der Waals surface area (Å²) >= 11 is 7.23. The van der Waals surface area contributed by atoms with Crippen LogP contribution in [0.25, 0.3) is 0 Å². The standard InChI is InChI=1S/C12H13ClN2O2S/c1-16-9-4-3-8(5-10(9)17-2)6-14-12-15-11(13)7-18-12/h3-5,7H,6H2,1-2H3,(H,14,15). The fraction of sp³-hybridized carbons (Fsp3) is 0.250. The van der Waals surface area contributed by atoms with E-state index in [2.05, 4.69) is 10.3 Å². The first-order valence-electron chi connectivity index (χ1n) is 5.28. The van der Waals surface area contributed by atoms with Crippen molar-refractivity contribution in [2.75, 3.05) is 19.5 Å². The zero-order valence-electron chi connectivity index (χ0n) is 10.1. The first-order valence-corrected chi connectivity index (χ1v) is 6.54. The molecule has 0 saturated heterocycles. The largest absolute Gasteiger partial charge is 0.493 e. The fourth-order valence-electron chi connectivity index (χ4n) is 1.50. The van der Waals surface area contributed by atoms with Crippen LogP contribution in [0.4, 0.5) is 5.13 Å². The maximum absolute atomic E-state index is 5.75. The molecule has 0 spiro atoms. The number of anilines is 1. The van der Waals surface area contributed by atoms with Crippen LogP contribution in [0.3, 0.4) is 0 Å². The summed E-state index contributed by atoms with van der Waals surface area (Å²) in [6.45, 7) is 0.657. The lowest BCUT2D eigenvalue weighted by atomic mass is 10.2. The van der Waals surface area contributed by atoms with Crippen LogP contribution in [-0.2, 0) is 6.54 Å². The quantitative estimate of drug-likeness (QED) is 0.913. The molecule has 0 saturated carbocycles. The van der Waals surface area contributed by atoms with Gasteiger partial charge in [0.2, 0.25) is 0 Å².